The van der Waals surface area contributed by atoms with Crippen molar-refractivity contribution in [1.29, 1.82) is 0 Å². The molecule has 0 N–H and O–H groups in total. The summed E-state index contributed by atoms with van der Waals surface area (Å²) in [4.78, 5) is 0. The van der Waals surface area contributed by atoms with Crippen molar-refractivity contribution in [1.82, 2.24) is 0 Å². The Balaban J connectivity index is 0.903. The van der Waals surface area contributed by atoms with Crippen LogP contribution in [0, 0.1) is 0 Å². The summed E-state index contributed by atoms with van der Waals surface area (Å²) in [6.45, 7) is 28.8. The summed E-state index contributed by atoms with van der Waals surface area (Å²) < 4.78 is 72.3. The van der Waals surface area contributed by atoms with E-state index in [0.717, 1.165) is 113 Å². The number of ether oxygens (including phenoxy) is 12. The van der Waals surface area contributed by atoms with Crippen molar-refractivity contribution in [3.8, 4) is 34.5 Å². The lowest BCUT2D eigenvalue weighted by Gasteiger charge is -2.39. The van der Waals surface area contributed by atoms with Crippen LogP contribution in [0.1, 0.15) is 150 Å². The van der Waals surface area contributed by atoms with Crippen LogP contribution in [0.4, 0.5) is 0 Å². The van der Waals surface area contributed by atoms with Crippen LogP contribution in [0.3, 0.4) is 0 Å². The van der Waals surface area contributed by atoms with Crippen LogP contribution in [-0.2, 0) is 62.9 Å². The molecule has 0 aliphatic carbocycles. The van der Waals surface area contributed by atoms with Gasteiger partial charge in [-0.2, -0.15) is 0 Å². The van der Waals surface area contributed by atoms with E-state index >= 15 is 0 Å². The van der Waals surface area contributed by atoms with Crippen molar-refractivity contribution < 1.29 is 56.8 Å². The summed E-state index contributed by atoms with van der Waals surface area (Å²) >= 11 is 0. The standard InChI is InChI=1S/C74H90O12/c1-10-12-13-48(65-33-54(19-29-70(65)86-47-64-45-84-64)71(3,4)51-14-20-55(21-15-51)75-36-59-40-79-59)30-49-31-53(18-28-69(49)85-46-63-44-83-63)73(7,8)67-27-25-58(78-39-62-43-82-62)34-68(67)74(9,11-2)35-50-32-57(77-38-61-42-81-61)24-26-66(50)72(5,6)52-16-22-56(23-17-52)76-37-60-41-80-60/h14-29,31-34,48,59-64H,10-13,30,35-47H2,1-9H3. The second kappa shape index (κ2) is 25.5. The Morgan fingerprint density at radius 2 is 0.802 bits per heavy atom. The molecule has 6 saturated heterocycles. The van der Waals surface area contributed by atoms with Gasteiger partial charge in [0.25, 0.3) is 0 Å². The van der Waals surface area contributed by atoms with Gasteiger partial charge in [0.15, 0.2) is 0 Å². The van der Waals surface area contributed by atoms with E-state index in [1.54, 1.807) is 0 Å². The van der Waals surface area contributed by atoms with Gasteiger partial charge in [0, 0.05) is 16.2 Å². The third-order valence-corrected chi connectivity index (χ3v) is 18.9. The van der Waals surface area contributed by atoms with Crippen LogP contribution in [-0.4, -0.2) is 116 Å². The van der Waals surface area contributed by atoms with Gasteiger partial charge in [-0.3, -0.25) is 0 Å². The van der Waals surface area contributed by atoms with Crippen LogP contribution in [0.15, 0.2) is 121 Å². The zero-order valence-corrected chi connectivity index (χ0v) is 52.2. The highest BCUT2D eigenvalue weighted by Crippen LogP contribution is 2.48. The molecule has 8 atom stereocenters. The fourth-order valence-electron chi connectivity index (χ4n) is 12.2. The quantitative estimate of drug-likeness (QED) is 0.0357. The van der Waals surface area contributed by atoms with E-state index < -0.39 is 5.41 Å². The molecule has 86 heavy (non-hydrogen) atoms. The normalized spacial score (nSPS) is 22.1. The third kappa shape index (κ3) is 14.9. The Hall–Kier alpha value is -6.12. The van der Waals surface area contributed by atoms with E-state index in [4.69, 9.17) is 56.8 Å². The SMILES string of the molecule is CCCCC(Cc1cc(C(C)(C)c2ccc(OCC3CO3)cc2C(C)(CC)Cc2cc(OCC3CO3)ccc2C(C)(C)c2ccc(OCC3CO3)cc2)ccc1OCC1CO1)c1cc(C(C)(C)c2ccc(OCC3CO3)cc2)ccc1OCC1CO1. The van der Waals surface area contributed by atoms with Gasteiger partial charge in [-0.05, 0) is 153 Å². The number of rotatable bonds is 34. The summed E-state index contributed by atoms with van der Waals surface area (Å²) in [5, 5.41) is 0. The van der Waals surface area contributed by atoms with E-state index in [9.17, 15) is 0 Å². The predicted octanol–water partition coefficient (Wildman–Crippen LogP) is 13.8. The smallest absolute Gasteiger partial charge is 0.122 e. The van der Waals surface area contributed by atoms with Gasteiger partial charge < -0.3 is 56.8 Å². The zero-order valence-electron chi connectivity index (χ0n) is 52.2. The Kier molecular flexibility index (Phi) is 17.9. The summed E-state index contributed by atoms with van der Waals surface area (Å²) in [5.74, 6) is 5.34. The average molecular weight is 1170 g/mol. The largest absolute Gasteiger partial charge is 0.491 e. The van der Waals surface area contributed by atoms with Gasteiger partial charge in [0.2, 0.25) is 0 Å². The summed E-state index contributed by atoms with van der Waals surface area (Å²) in [7, 11) is 0. The molecule has 458 valence electrons. The maximum absolute atomic E-state index is 6.80. The van der Waals surface area contributed by atoms with Crippen LogP contribution in [0.2, 0.25) is 0 Å². The second-order valence-electron chi connectivity index (χ2n) is 26.8. The molecular weight excluding hydrogens is 1080 g/mol. The maximum Gasteiger partial charge on any atom is 0.122 e. The van der Waals surface area contributed by atoms with E-state index in [1.807, 2.05) is 0 Å². The van der Waals surface area contributed by atoms with Crippen molar-refractivity contribution >= 4 is 0 Å². The van der Waals surface area contributed by atoms with Gasteiger partial charge in [-0.1, -0.05) is 136 Å². The van der Waals surface area contributed by atoms with Gasteiger partial charge in [0.05, 0.1) is 39.6 Å². The molecule has 12 rings (SSSR count). The number of hydrogen-bond acceptors (Lipinski definition) is 12. The number of epoxide rings is 6. The minimum absolute atomic E-state index is 0.103. The van der Waals surface area contributed by atoms with Crippen LogP contribution >= 0.6 is 0 Å². The molecule has 8 unspecified atom stereocenters. The Labute approximate surface area is 510 Å². The van der Waals surface area contributed by atoms with Crippen molar-refractivity contribution in [2.75, 3.05) is 79.3 Å². The highest BCUT2D eigenvalue weighted by atomic mass is 16.6. The lowest BCUT2D eigenvalue weighted by molar-refractivity contribution is 0.257. The first kappa shape index (κ1) is 60.2. The van der Waals surface area contributed by atoms with E-state index in [2.05, 4.69) is 184 Å². The van der Waals surface area contributed by atoms with Crippen molar-refractivity contribution in [2.45, 2.75) is 165 Å². The molecule has 0 aromatic heterocycles. The van der Waals surface area contributed by atoms with Crippen molar-refractivity contribution in [3.63, 3.8) is 0 Å². The molecule has 0 amide bonds. The van der Waals surface area contributed by atoms with Gasteiger partial charge in [-0.25, -0.2) is 0 Å². The van der Waals surface area contributed by atoms with Gasteiger partial charge in [-0.15, -0.1) is 0 Å². The Morgan fingerprint density at radius 1 is 0.395 bits per heavy atom. The molecule has 6 aromatic rings. The highest BCUT2D eigenvalue weighted by Gasteiger charge is 2.39. The molecule has 12 nitrogen and oxygen atoms in total. The summed E-state index contributed by atoms with van der Waals surface area (Å²) in [6.07, 6.45) is 6.37. The number of benzene rings is 6. The molecule has 6 aliphatic heterocycles. The second-order valence-corrected chi connectivity index (χ2v) is 26.8. The minimum atomic E-state index is -0.475. The van der Waals surface area contributed by atoms with Crippen LogP contribution in [0.25, 0.3) is 0 Å². The van der Waals surface area contributed by atoms with E-state index in [-0.39, 0.29) is 58.8 Å². The lowest BCUT2D eigenvalue weighted by Crippen LogP contribution is -2.32. The lowest BCUT2D eigenvalue weighted by atomic mass is 9.65. The fraction of sp³-hybridized carbons (Fsp3) is 0.514. The molecule has 6 aliphatic rings. The third-order valence-electron chi connectivity index (χ3n) is 18.9. The first-order valence-electron chi connectivity index (χ1n) is 31.8. The number of unbranched alkanes of at least 4 members (excludes halogenated alkanes) is 1. The van der Waals surface area contributed by atoms with Crippen molar-refractivity contribution in [3.05, 3.63) is 177 Å². The average Bonchev–Trinajstić information content (AvgIpc) is 2.21. The topological polar surface area (TPSA) is 131 Å². The van der Waals surface area contributed by atoms with Gasteiger partial charge >= 0.3 is 0 Å². The molecule has 0 saturated carbocycles. The van der Waals surface area contributed by atoms with Crippen LogP contribution in [0.5, 0.6) is 34.5 Å². The maximum atomic E-state index is 6.80. The highest BCUT2D eigenvalue weighted by molar-refractivity contribution is 5.55. The molecule has 6 aromatic carbocycles. The van der Waals surface area contributed by atoms with Crippen LogP contribution < -0.4 is 28.4 Å². The summed E-state index contributed by atoms with van der Waals surface area (Å²) in [5.41, 5.74) is 10.7. The molecule has 12 heteroatoms. The molecule has 0 radical (unpaired) electrons. The molecular formula is C74H90O12. The Bertz CT molecular complexity index is 3250. The minimum Gasteiger partial charge on any atom is -0.491 e. The first-order chi connectivity index (χ1) is 41.5. The van der Waals surface area contributed by atoms with Crippen molar-refractivity contribution in [2.24, 2.45) is 0 Å². The summed E-state index contributed by atoms with van der Waals surface area (Å²) in [6, 6.07) is 44.5. The molecule has 6 fully saturated rings. The Morgan fingerprint density at radius 3 is 1.30 bits per heavy atom. The van der Waals surface area contributed by atoms with Gasteiger partial charge in [0.1, 0.15) is 111 Å². The first-order valence-corrected chi connectivity index (χ1v) is 31.8. The zero-order chi connectivity index (χ0) is 59.6. The van der Waals surface area contributed by atoms with E-state index in [0.29, 0.717) is 39.6 Å². The fourth-order valence-corrected chi connectivity index (χ4v) is 12.2. The molecule has 0 bridgehead atoms. The monoisotopic (exact) mass is 1170 g/mol. The molecule has 0 spiro atoms. The predicted molar refractivity (Wildman–Crippen MR) is 334 cm³/mol. The number of hydrogen-bond donors (Lipinski definition) is 0. The molecule has 6 heterocycles. The van der Waals surface area contributed by atoms with E-state index in [1.165, 1.54) is 55.6 Å².